The SMILES string of the molecule is Cc1ccccc1-c1nc(NS(=O)(=O)c2cccc(N3CCN4CC(F)(F)CC4C3)n2)ccc1C(F)(F)F. The monoisotopic (exact) mass is 553 g/mol. The Balaban J connectivity index is 1.42. The molecule has 2 aromatic heterocycles. The van der Waals surface area contributed by atoms with E-state index < -0.39 is 33.4 Å². The first-order valence-corrected chi connectivity index (χ1v) is 13.3. The van der Waals surface area contributed by atoms with Gasteiger partial charge >= 0.3 is 6.18 Å². The van der Waals surface area contributed by atoms with Crippen LogP contribution in [0.4, 0.5) is 33.6 Å². The number of sulfonamides is 1. The zero-order valence-corrected chi connectivity index (χ0v) is 21.0. The molecule has 7 nitrogen and oxygen atoms in total. The highest BCUT2D eigenvalue weighted by Crippen LogP contribution is 2.38. The van der Waals surface area contributed by atoms with E-state index in [1.54, 1.807) is 41.0 Å². The predicted molar refractivity (Wildman–Crippen MR) is 132 cm³/mol. The summed E-state index contributed by atoms with van der Waals surface area (Å²) in [7, 11) is -4.33. The number of nitrogens with zero attached hydrogens (tertiary/aromatic N) is 4. The molecule has 0 bridgehead atoms. The fourth-order valence-corrected chi connectivity index (χ4v) is 5.88. The summed E-state index contributed by atoms with van der Waals surface area (Å²) in [5.41, 5.74) is -0.632. The quantitative estimate of drug-likeness (QED) is 0.458. The number of hydrogen-bond acceptors (Lipinski definition) is 6. The number of nitrogens with one attached hydrogen (secondary N) is 1. The third-order valence-corrected chi connectivity index (χ3v) is 7.98. The van der Waals surface area contributed by atoms with Crippen LogP contribution in [0.1, 0.15) is 17.5 Å². The van der Waals surface area contributed by atoms with Crippen LogP contribution in [-0.4, -0.2) is 61.4 Å². The third kappa shape index (κ3) is 5.30. The molecule has 3 aromatic rings. The number of anilines is 2. The van der Waals surface area contributed by atoms with E-state index in [2.05, 4.69) is 14.7 Å². The first-order chi connectivity index (χ1) is 17.8. The summed E-state index contributed by atoms with van der Waals surface area (Å²) in [6, 6.07) is 12.1. The predicted octanol–water partition coefficient (Wildman–Crippen LogP) is 4.80. The molecule has 0 saturated carbocycles. The van der Waals surface area contributed by atoms with Crippen molar-refractivity contribution in [2.45, 2.75) is 36.5 Å². The van der Waals surface area contributed by atoms with Crippen molar-refractivity contribution in [3.63, 3.8) is 0 Å². The number of hydrogen-bond donors (Lipinski definition) is 1. The van der Waals surface area contributed by atoms with Gasteiger partial charge in [-0.3, -0.25) is 9.62 Å². The van der Waals surface area contributed by atoms with E-state index in [-0.39, 0.29) is 42.0 Å². The van der Waals surface area contributed by atoms with Crippen LogP contribution in [0.2, 0.25) is 0 Å². The molecule has 1 unspecified atom stereocenters. The lowest BCUT2D eigenvalue weighted by Gasteiger charge is -2.37. The molecule has 0 aliphatic carbocycles. The minimum Gasteiger partial charge on any atom is -0.354 e. The molecule has 13 heteroatoms. The van der Waals surface area contributed by atoms with Gasteiger partial charge in [-0.25, -0.2) is 18.7 Å². The van der Waals surface area contributed by atoms with Crippen molar-refractivity contribution in [3.8, 4) is 11.3 Å². The van der Waals surface area contributed by atoms with Crippen LogP contribution in [-0.2, 0) is 16.2 Å². The van der Waals surface area contributed by atoms with Crippen molar-refractivity contribution in [2.24, 2.45) is 0 Å². The summed E-state index contributed by atoms with van der Waals surface area (Å²) in [5, 5.41) is -0.367. The highest BCUT2D eigenvalue weighted by atomic mass is 32.2. The van der Waals surface area contributed by atoms with Crippen molar-refractivity contribution in [1.29, 1.82) is 0 Å². The molecule has 202 valence electrons. The fraction of sp³-hybridized carbons (Fsp3) is 0.360. The van der Waals surface area contributed by atoms with Gasteiger partial charge in [0, 0.05) is 37.7 Å². The molecule has 1 aromatic carbocycles. The van der Waals surface area contributed by atoms with E-state index in [4.69, 9.17) is 0 Å². The van der Waals surface area contributed by atoms with Gasteiger partial charge in [0.15, 0.2) is 5.03 Å². The molecule has 4 heterocycles. The lowest BCUT2D eigenvalue weighted by atomic mass is 10.0. The largest absolute Gasteiger partial charge is 0.418 e. The van der Waals surface area contributed by atoms with E-state index in [1.165, 1.54) is 18.2 Å². The number of benzene rings is 1. The molecule has 2 aliphatic heterocycles. The maximum atomic E-state index is 13.8. The summed E-state index contributed by atoms with van der Waals surface area (Å²) >= 11 is 0. The van der Waals surface area contributed by atoms with Crippen LogP contribution < -0.4 is 9.62 Å². The van der Waals surface area contributed by atoms with Crippen molar-refractivity contribution in [1.82, 2.24) is 14.9 Å². The molecule has 38 heavy (non-hydrogen) atoms. The topological polar surface area (TPSA) is 78.4 Å². The molecule has 2 fully saturated rings. The number of aromatic nitrogens is 2. The molecular formula is C25H24F5N5O2S. The summed E-state index contributed by atoms with van der Waals surface area (Å²) < 4.78 is 97.3. The number of aryl methyl sites for hydroxylation is 1. The van der Waals surface area contributed by atoms with E-state index in [0.29, 0.717) is 24.5 Å². The molecule has 1 atom stereocenters. The normalized spacial score (nSPS) is 19.8. The third-order valence-electron chi connectivity index (χ3n) is 6.72. The standard InChI is InChI=1S/C25H24F5N5O2S/c1-16-5-2-3-6-18(16)23-19(25(28,29)30)9-10-20(31-23)33-38(36,37)22-8-4-7-21(32-22)34-11-12-35-15-24(26,27)13-17(35)14-34/h2-10,17H,11-15H2,1H3,(H,31,33). The van der Waals surface area contributed by atoms with Crippen LogP contribution in [0.3, 0.4) is 0 Å². The Morgan fingerprint density at radius 1 is 1.00 bits per heavy atom. The Hall–Kier alpha value is -3.32. The Labute approximate surface area is 216 Å². The zero-order valence-electron chi connectivity index (χ0n) is 20.2. The molecule has 5 rings (SSSR count). The van der Waals surface area contributed by atoms with E-state index >= 15 is 0 Å². The summed E-state index contributed by atoms with van der Waals surface area (Å²) in [5.74, 6) is -2.75. The van der Waals surface area contributed by atoms with Crippen molar-refractivity contribution in [2.75, 3.05) is 35.8 Å². The van der Waals surface area contributed by atoms with Gasteiger partial charge in [-0.2, -0.15) is 21.6 Å². The summed E-state index contributed by atoms with van der Waals surface area (Å²) in [6.07, 6.45) is -4.98. The van der Waals surface area contributed by atoms with Gasteiger partial charge in [0.05, 0.1) is 17.8 Å². The summed E-state index contributed by atoms with van der Waals surface area (Å²) in [6.45, 7) is 2.42. The minimum atomic E-state index is -4.70. The molecule has 1 N–H and O–H groups in total. The second-order valence-electron chi connectivity index (χ2n) is 9.48. The number of fused-ring (bicyclic) bond motifs is 1. The average molecular weight is 554 g/mol. The first-order valence-electron chi connectivity index (χ1n) is 11.8. The Bertz CT molecular complexity index is 1460. The Morgan fingerprint density at radius 2 is 1.76 bits per heavy atom. The van der Waals surface area contributed by atoms with Gasteiger partial charge < -0.3 is 4.90 Å². The average Bonchev–Trinajstić information content (AvgIpc) is 3.16. The molecule has 2 aliphatic rings. The van der Waals surface area contributed by atoms with E-state index in [1.807, 2.05) is 0 Å². The maximum Gasteiger partial charge on any atom is 0.418 e. The molecule has 0 spiro atoms. The molecule has 0 radical (unpaired) electrons. The van der Waals surface area contributed by atoms with Gasteiger partial charge in [-0.05, 0) is 36.8 Å². The van der Waals surface area contributed by atoms with Crippen molar-refractivity contribution >= 4 is 21.7 Å². The Kier molecular flexibility index (Phi) is 6.54. The number of alkyl halides is 5. The summed E-state index contributed by atoms with van der Waals surface area (Å²) in [4.78, 5) is 11.7. The van der Waals surface area contributed by atoms with Gasteiger partial charge in [-0.1, -0.05) is 30.3 Å². The lowest BCUT2D eigenvalue weighted by Crippen LogP contribution is -2.50. The van der Waals surface area contributed by atoms with Gasteiger partial charge in [0.25, 0.3) is 15.9 Å². The maximum absolute atomic E-state index is 13.8. The van der Waals surface area contributed by atoms with E-state index in [0.717, 1.165) is 12.1 Å². The smallest absolute Gasteiger partial charge is 0.354 e. The Morgan fingerprint density at radius 3 is 2.50 bits per heavy atom. The highest BCUT2D eigenvalue weighted by Gasteiger charge is 2.47. The van der Waals surface area contributed by atoms with Gasteiger partial charge in [0.2, 0.25) is 0 Å². The second-order valence-corrected chi connectivity index (χ2v) is 11.1. The van der Waals surface area contributed by atoms with Gasteiger partial charge in [-0.15, -0.1) is 0 Å². The van der Waals surface area contributed by atoms with E-state index in [9.17, 15) is 30.4 Å². The molecule has 2 saturated heterocycles. The number of rotatable bonds is 5. The van der Waals surface area contributed by atoms with Crippen molar-refractivity contribution < 1.29 is 30.4 Å². The lowest BCUT2D eigenvalue weighted by molar-refractivity contribution is -0.137. The van der Waals surface area contributed by atoms with Gasteiger partial charge in [0.1, 0.15) is 11.6 Å². The van der Waals surface area contributed by atoms with Crippen LogP contribution in [0.15, 0.2) is 59.6 Å². The molecule has 0 amide bonds. The van der Waals surface area contributed by atoms with Crippen LogP contribution in [0.25, 0.3) is 11.3 Å². The van der Waals surface area contributed by atoms with Crippen molar-refractivity contribution in [3.05, 3.63) is 65.7 Å². The zero-order chi connectivity index (χ0) is 27.3. The number of pyridine rings is 2. The second kappa shape index (κ2) is 9.45. The number of halogens is 5. The first kappa shape index (κ1) is 26.3. The van der Waals surface area contributed by atoms with Crippen LogP contribution >= 0.6 is 0 Å². The van der Waals surface area contributed by atoms with Crippen LogP contribution in [0.5, 0.6) is 0 Å². The molecular weight excluding hydrogens is 529 g/mol. The van der Waals surface area contributed by atoms with Crippen LogP contribution in [0, 0.1) is 6.92 Å². The fourth-order valence-electron chi connectivity index (χ4n) is 4.92. The minimum absolute atomic E-state index is 0.220. The number of piperazine rings is 1. The highest BCUT2D eigenvalue weighted by molar-refractivity contribution is 7.92.